The van der Waals surface area contributed by atoms with Crippen molar-refractivity contribution in [2.75, 3.05) is 17.4 Å². The van der Waals surface area contributed by atoms with Crippen LogP contribution in [0.3, 0.4) is 0 Å². The number of nitrogens with one attached hydrogen (secondary N) is 1. The average molecular weight is 566 g/mol. The SMILES string of the molecule is CCNC(=O)C(C)N(Cc1ccc(F)cc1)C(=O)CN(c1cc(Cl)cc(Cl)c1)S(=O)(=O)c1ccccc1. The van der Waals surface area contributed by atoms with Crippen LogP contribution in [0.15, 0.2) is 77.7 Å². The first kappa shape index (κ1) is 28.4. The van der Waals surface area contributed by atoms with Crippen molar-refractivity contribution in [3.8, 4) is 0 Å². The van der Waals surface area contributed by atoms with E-state index in [1.807, 2.05) is 0 Å². The predicted octanol–water partition coefficient (Wildman–Crippen LogP) is 4.88. The lowest BCUT2D eigenvalue weighted by atomic mass is 10.1. The molecule has 0 aliphatic rings. The van der Waals surface area contributed by atoms with Crippen LogP contribution in [0.1, 0.15) is 19.4 Å². The fourth-order valence-electron chi connectivity index (χ4n) is 3.62. The summed E-state index contributed by atoms with van der Waals surface area (Å²) in [5, 5.41) is 3.04. The molecule has 1 unspecified atom stereocenters. The number of rotatable bonds is 10. The Hall–Kier alpha value is -3.14. The minimum absolute atomic E-state index is 0.0410. The second-order valence-corrected chi connectivity index (χ2v) is 10.9. The molecule has 1 atom stereocenters. The number of benzene rings is 3. The number of carbonyl (C=O) groups excluding carboxylic acids is 2. The Morgan fingerprint density at radius 2 is 1.57 bits per heavy atom. The molecule has 0 saturated heterocycles. The molecule has 0 fully saturated rings. The molecular formula is C26H26Cl2FN3O4S. The molecule has 2 amide bonds. The predicted molar refractivity (Wildman–Crippen MR) is 143 cm³/mol. The number of nitrogens with zero attached hydrogens (tertiary/aromatic N) is 2. The standard InChI is InChI=1S/C26H26Cl2FN3O4S/c1-3-30-26(34)18(2)31(16-19-9-11-22(29)12-10-19)25(33)17-32(23-14-20(27)13-21(28)15-23)37(35,36)24-7-5-4-6-8-24/h4-15,18H,3,16-17H2,1-2H3,(H,30,34). The normalized spacial score (nSPS) is 12.0. The molecule has 37 heavy (non-hydrogen) atoms. The third-order valence-electron chi connectivity index (χ3n) is 5.53. The fourth-order valence-corrected chi connectivity index (χ4v) is 5.56. The molecular weight excluding hydrogens is 540 g/mol. The number of hydrogen-bond acceptors (Lipinski definition) is 4. The van der Waals surface area contributed by atoms with Crippen LogP contribution in [0.25, 0.3) is 0 Å². The van der Waals surface area contributed by atoms with Gasteiger partial charge >= 0.3 is 0 Å². The van der Waals surface area contributed by atoms with Crippen molar-refractivity contribution < 1.29 is 22.4 Å². The highest BCUT2D eigenvalue weighted by atomic mass is 35.5. The molecule has 0 spiro atoms. The maximum absolute atomic E-state index is 13.7. The smallest absolute Gasteiger partial charge is 0.264 e. The summed E-state index contributed by atoms with van der Waals surface area (Å²) in [6.45, 7) is 2.94. The summed E-state index contributed by atoms with van der Waals surface area (Å²) < 4.78 is 41.7. The van der Waals surface area contributed by atoms with E-state index >= 15 is 0 Å². The van der Waals surface area contributed by atoms with E-state index in [1.54, 1.807) is 32.0 Å². The maximum atomic E-state index is 13.7. The highest BCUT2D eigenvalue weighted by Crippen LogP contribution is 2.30. The van der Waals surface area contributed by atoms with Gasteiger partial charge in [0.15, 0.2) is 0 Å². The second kappa shape index (κ2) is 12.4. The second-order valence-electron chi connectivity index (χ2n) is 8.17. The topological polar surface area (TPSA) is 86.8 Å². The zero-order chi connectivity index (χ0) is 27.2. The summed E-state index contributed by atoms with van der Waals surface area (Å²) in [6, 6.07) is 16.4. The Labute approximate surface area is 225 Å². The van der Waals surface area contributed by atoms with E-state index in [4.69, 9.17) is 23.2 Å². The summed E-state index contributed by atoms with van der Waals surface area (Å²) in [4.78, 5) is 27.6. The van der Waals surface area contributed by atoms with E-state index in [-0.39, 0.29) is 27.2 Å². The monoisotopic (exact) mass is 565 g/mol. The third kappa shape index (κ3) is 7.21. The Morgan fingerprint density at radius 3 is 2.14 bits per heavy atom. The van der Waals surface area contributed by atoms with Crippen molar-refractivity contribution in [3.05, 3.63) is 94.2 Å². The van der Waals surface area contributed by atoms with Crippen LogP contribution < -0.4 is 9.62 Å². The van der Waals surface area contributed by atoms with Gasteiger partial charge in [0.05, 0.1) is 10.6 Å². The van der Waals surface area contributed by atoms with Crippen molar-refractivity contribution in [2.24, 2.45) is 0 Å². The van der Waals surface area contributed by atoms with Gasteiger partial charge < -0.3 is 10.2 Å². The fraction of sp³-hybridized carbons (Fsp3) is 0.231. The molecule has 0 saturated carbocycles. The molecule has 3 aromatic carbocycles. The lowest BCUT2D eigenvalue weighted by Gasteiger charge is -2.32. The van der Waals surface area contributed by atoms with Crippen molar-refractivity contribution in [2.45, 2.75) is 31.3 Å². The Kier molecular flexibility index (Phi) is 9.53. The van der Waals surface area contributed by atoms with Crippen molar-refractivity contribution >= 4 is 50.7 Å². The van der Waals surface area contributed by atoms with Gasteiger partial charge in [-0.1, -0.05) is 53.5 Å². The summed E-state index contributed by atoms with van der Waals surface area (Å²) in [7, 11) is -4.23. The molecule has 196 valence electrons. The maximum Gasteiger partial charge on any atom is 0.264 e. The van der Waals surface area contributed by atoms with Gasteiger partial charge in [-0.3, -0.25) is 13.9 Å². The van der Waals surface area contributed by atoms with Crippen LogP contribution in [0.5, 0.6) is 0 Å². The van der Waals surface area contributed by atoms with Gasteiger partial charge in [-0.15, -0.1) is 0 Å². The van der Waals surface area contributed by atoms with Crippen LogP contribution in [-0.4, -0.2) is 44.3 Å². The van der Waals surface area contributed by atoms with Crippen LogP contribution in [0, 0.1) is 5.82 Å². The molecule has 7 nitrogen and oxygen atoms in total. The number of hydrogen-bond donors (Lipinski definition) is 1. The van der Waals surface area contributed by atoms with E-state index in [9.17, 15) is 22.4 Å². The van der Waals surface area contributed by atoms with Crippen molar-refractivity contribution in [1.29, 1.82) is 0 Å². The van der Waals surface area contributed by atoms with Gasteiger partial charge in [0.2, 0.25) is 11.8 Å². The molecule has 0 aliphatic heterocycles. The first-order chi connectivity index (χ1) is 17.5. The summed E-state index contributed by atoms with van der Waals surface area (Å²) in [6.07, 6.45) is 0. The number of sulfonamides is 1. The van der Waals surface area contributed by atoms with Crippen LogP contribution in [0.4, 0.5) is 10.1 Å². The first-order valence-electron chi connectivity index (χ1n) is 11.4. The zero-order valence-corrected chi connectivity index (χ0v) is 22.5. The Bertz CT molecular complexity index is 1340. The summed E-state index contributed by atoms with van der Waals surface area (Å²) in [5.41, 5.74) is 0.649. The van der Waals surface area contributed by atoms with Gasteiger partial charge in [0.25, 0.3) is 10.0 Å². The van der Waals surface area contributed by atoms with Gasteiger partial charge in [-0.2, -0.15) is 0 Å². The van der Waals surface area contributed by atoms with E-state index in [0.717, 1.165) is 4.31 Å². The largest absolute Gasteiger partial charge is 0.355 e. The number of anilines is 1. The Morgan fingerprint density at radius 1 is 0.973 bits per heavy atom. The van der Waals surface area contributed by atoms with E-state index in [2.05, 4.69) is 5.32 Å². The van der Waals surface area contributed by atoms with Crippen LogP contribution in [0.2, 0.25) is 10.0 Å². The first-order valence-corrected chi connectivity index (χ1v) is 13.6. The molecule has 0 aliphatic carbocycles. The lowest BCUT2D eigenvalue weighted by Crippen LogP contribution is -2.51. The molecule has 0 heterocycles. The van der Waals surface area contributed by atoms with Crippen LogP contribution >= 0.6 is 23.2 Å². The van der Waals surface area contributed by atoms with Crippen molar-refractivity contribution in [3.63, 3.8) is 0 Å². The molecule has 0 bridgehead atoms. The van der Waals surface area contributed by atoms with Gasteiger partial charge in [0, 0.05) is 23.1 Å². The number of halogens is 3. The molecule has 0 aromatic heterocycles. The van der Waals surface area contributed by atoms with E-state index in [1.165, 1.54) is 59.5 Å². The van der Waals surface area contributed by atoms with Crippen molar-refractivity contribution in [1.82, 2.24) is 10.2 Å². The molecule has 1 N–H and O–H groups in total. The number of amides is 2. The van der Waals surface area contributed by atoms with E-state index in [0.29, 0.717) is 12.1 Å². The molecule has 11 heteroatoms. The molecule has 3 rings (SSSR count). The summed E-state index contributed by atoms with van der Waals surface area (Å²) >= 11 is 12.3. The third-order valence-corrected chi connectivity index (χ3v) is 7.75. The quantitative estimate of drug-likeness (QED) is 0.379. The van der Waals surface area contributed by atoms with Gasteiger partial charge in [-0.25, -0.2) is 12.8 Å². The highest BCUT2D eigenvalue weighted by Gasteiger charge is 2.32. The summed E-state index contributed by atoms with van der Waals surface area (Å²) in [5.74, 6) is -1.52. The minimum Gasteiger partial charge on any atom is -0.355 e. The molecule has 3 aromatic rings. The Balaban J connectivity index is 2.04. The average Bonchev–Trinajstić information content (AvgIpc) is 2.86. The molecule has 0 radical (unpaired) electrons. The van der Waals surface area contributed by atoms with Gasteiger partial charge in [-0.05, 0) is 61.9 Å². The van der Waals surface area contributed by atoms with Crippen LogP contribution in [-0.2, 0) is 26.2 Å². The number of likely N-dealkylation sites (N-methyl/N-ethyl adjacent to an activating group) is 1. The lowest BCUT2D eigenvalue weighted by molar-refractivity contribution is -0.139. The van der Waals surface area contributed by atoms with E-state index < -0.39 is 40.2 Å². The minimum atomic E-state index is -4.23. The van der Waals surface area contributed by atoms with Gasteiger partial charge in [0.1, 0.15) is 18.4 Å². The number of carbonyl (C=O) groups is 2. The zero-order valence-electron chi connectivity index (χ0n) is 20.2. The highest BCUT2D eigenvalue weighted by molar-refractivity contribution is 7.92.